The number of aliphatic hydroxyl groups is 16. The number of hydrogen-bond acceptors (Lipinski definition) is 32. The average Bonchev–Trinajstić information content (AvgIpc) is 1.68. The van der Waals surface area contributed by atoms with E-state index in [2.05, 4.69) is 19.9 Å². The number of Topliss-reactive ketones (excluding diaryl/α,β-unsaturated/α-hetero) is 1. The Kier molecular flexibility index (Phi) is 24.3. The van der Waals surface area contributed by atoms with Gasteiger partial charge in [0.05, 0.1) is 55.4 Å². The number of hydrogen-bond donors (Lipinski definition) is 17. The first-order chi connectivity index (χ1) is 45.3. The molecule has 6 heterocycles. The molecule has 560 valence electrons. The van der Waals surface area contributed by atoms with Crippen molar-refractivity contribution in [1.82, 2.24) is 0 Å². The molecule has 0 bridgehead atoms. The monoisotopic (exact) mass is 1420 g/mol. The van der Waals surface area contributed by atoms with Gasteiger partial charge in [0, 0.05) is 12.8 Å². The highest BCUT2D eigenvalue weighted by Gasteiger charge is 2.64. The largest absolute Gasteiger partial charge is 0.397 e. The first kappa shape index (κ1) is 77.8. The maximum atomic E-state index is 13.3. The Balaban J connectivity index is 0.915. The zero-order valence-corrected chi connectivity index (χ0v) is 56.6. The zero-order valence-electron chi connectivity index (χ0n) is 55.8. The van der Waals surface area contributed by atoms with E-state index in [1.807, 2.05) is 13.8 Å². The Morgan fingerprint density at radius 2 is 1.01 bits per heavy atom. The summed E-state index contributed by atoms with van der Waals surface area (Å²) in [6, 6.07) is 0. The first-order valence-electron chi connectivity index (χ1n) is 33.9. The van der Waals surface area contributed by atoms with Crippen molar-refractivity contribution in [3.8, 4) is 0 Å². The Bertz CT molecular complexity index is 2790. The molecular weight excluding hydrogens is 1320 g/mol. The molecule has 10 aliphatic rings. The van der Waals surface area contributed by atoms with Crippen molar-refractivity contribution in [3.63, 3.8) is 0 Å². The predicted octanol–water partition coefficient (Wildman–Crippen LogP) is -4.46. The topological polar surface area (TPSA) is 515 Å². The molecule has 6 saturated heterocycles. The smallest absolute Gasteiger partial charge is 0.394 e. The molecule has 4 aliphatic carbocycles. The maximum absolute atomic E-state index is 13.3. The number of allylic oxidation sites excluding steroid dienone is 2. The second-order valence-corrected chi connectivity index (χ2v) is 31.0. The van der Waals surface area contributed by atoms with Gasteiger partial charge in [0.2, 0.25) is 0 Å². The Labute approximate surface area is 562 Å². The van der Waals surface area contributed by atoms with Crippen LogP contribution in [-0.4, -0.2) is 316 Å². The summed E-state index contributed by atoms with van der Waals surface area (Å²) in [5.74, 6) is -0.961. The molecule has 0 aromatic carbocycles. The molecule has 39 atom stereocenters. The van der Waals surface area contributed by atoms with Crippen molar-refractivity contribution < 1.29 is 160 Å². The van der Waals surface area contributed by atoms with E-state index in [0.717, 1.165) is 5.57 Å². The van der Waals surface area contributed by atoms with E-state index in [0.29, 0.717) is 38.5 Å². The second kappa shape index (κ2) is 30.3. The van der Waals surface area contributed by atoms with Crippen LogP contribution < -0.4 is 0 Å². The van der Waals surface area contributed by atoms with E-state index in [-0.39, 0.29) is 48.7 Å². The molecule has 39 unspecified atom stereocenters. The van der Waals surface area contributed by atoms with Crippen molar-refractivity contribution in [2.45, 2.75) is 322 Å². The van der Waals surface area contributed by atoms with Crippen molar-refractivity contribution in [2.24, 2.45) is 40.4 Å². The van der Waals surface area contributed by atoms with Gasteiger partial charge in [-0.2, -0.15) is 8.42 Å². The average molecular weight is 1420 g/mol. The molecule has 17 N–H and O–H groups in total. The zero-order chi connectivity index (χ0) is 71.2. The molecule has 9 fully saturated rings. The van der Waals surface area contributed by atoms with Gasteiger partial charge >= 0.3 is 10.4 Å². The van der Waals surface area contributed by atoms with Crippen LogP contribution in [0.25, 0.3) is 0 Å². The van der Waals surface area contributed by atoms with Gasteiger partial charge in [0.15, 0.2) is 37.7 Å². The van der Waals surface area contributed by atoms with Crippen LogP contribution in [0, 0.1) is 40.4 Å². The number of ketones is 1. The summed E-state index contributed by atoms with van der Waals surface area (Å²) in [5.41, 5.74) is -1.37. The van der Waals surface area contributed by atoms with Gasteiger partial charge in [-0.1, -0.05) is 39.3 Å². The molecule has 10 rings (SSSR count). The van der Waals surface area contributed by atoms with E-state index in [9.17, 15) is 99.5 Å². The molecule has 6 aliphatic heterocycles. The lowest BCUT2D eigenvalue weighted by Crippen LogP contribution is -2.68. The fraction of sp³-hybridized carbons (Fsp3) is 0.952. The summed E-state index contributed by atoms with van der Waals surface area (Å²) in [6.45, 7) is 13.5. The van der Waals surface area contributed by atoms with Crippen molar-refractivity contribution in [1.29, 1.82) is 0 Å². The van der Waals surface area contributed by atoms with Gasteiger partial charge in [-0.05, 0) is 120 Å². The summed E-state index contributed by atoms with van der Waals surface area (Å²) in [7, 11) is -4.92. The highest BCUT2D eigenvalue weighted by Crippen LogP contribution is 2.67. The van der Waals surface area contributed by atoms with Crippen LogP contribution in [0.2, 0.25) is 0 Å². The molecule has 0 aromatic heterocycles. The van der Waals surface area contributed by atoms with E-state index < -0.39 is 242 Å². The molecule has 0 radical (unpaired) electrons. The number of ether oxygens (including phenoxy) is 12. The van der Waals surface area contributed by atoms with Crippen molar-refractivity contribution >= 4 is 16.2 Å². The van der Waals surface area contributed by atoms with Crippen LogP contribution in [-0.2, 0) is 76.2 Å². The third kappa shape index (κ3) is 15.5. The summed E-state index contributed by atoms with van der Waals surface area (Å²) >= 11 is 0. The van der Waals surface area contributed by atoms with Crippen LogP contribution in [0.4, 0.5) is 0 Å². The van der Waals surface area contributed by atoms with Crippen LogP contribution in [0.15, 0.2) is 11.6 Å². The highest BCUT2D eigenvalue weighted by molar-refractivity contribution is 7.80. The predicted molar refractivity (Wildman–Crippen MR) is 323 cm³/mol. The van der Waals surface area contributed by atoms with Crippen LogP contribution in [0.3, 0.4) is 0 Å². The maximum Gasteiger partial charge on any atom is 0.397 e. The number of carbonyl (C=O) groups excluding carboxylic acids is 1. The quantitative estimate of drug-likeness (QED) is 0.0381. The third-order valence-corrected chi connectivity index (χ3v) is 23.2. The van der Waals surface area contributed by atoms with E-state index in [1.54, 1.807) is 6.92 Å². The minimum Gasteiger partial charge on any atom is -0.394 e. The van der Waals surface area contributed by atoms with Crippen LogP contribution in [0.5, 0.6) is 0 Å². The number of carbonyl (C=O) groups is 1. The fourth-order valence-electron chi connectivity index (χ4n) is 17.5. The van der Waals surface area contributed by atoms with Crippen molar-refractivity contribution in [3.05, 3.63) is 11.6 Å². The molecule has 0 spiro atoms. The Morgan fingerprint density at radius 1 is 0.546 bits per heavy atom. The second-order valence-electron chi connectivity index (χ2n) is 29.9. The number of rotatable bonds is 21. The van der Waals surface area contributed by atoms with Gasteiger partial charge in [0.25, 0.3) is 0 Å². The normalized spacial score (nSPS) is 52.0. The molecule has 34 heteroatoms. The Morgan fingerprint density at radius 3 is 1.58 bits per heavy atom. The molecule has 0 aromatic rings. The Hall–Kier alpha value is -1.84. The lowest BCUT2D eigenvalue weighted by Gasteiger charge is -2.60. The first-order valence-corrected chi connectivity index (χ1v) is 35.2. The van der Waals surface area contributed by atoms with Gasteiger partial charge in [-0.15, -0.1) is 0 Å². The van der Waals surface area contributed by atoms with E-state index >= 15 is 0 Å². The summed E-state index contributed by atoms with van der Waals surface area (Å²) < 4.78 is 113. The minimum absolute atomic E-state index is 0.00986. The van der Waals surface area contributed by atoms with Gasteiger partial charge in [-0.25, -0.2) is 4.18 Å². The van der Waals surface area contributed by atoms with Crippen LogP contribution >= 0.6 is 0 Å². The molecule has 0 amide bonds. The molecular formula is C63H104O33S. The highest BCUT2D eigenvalue weighted by atomic mass is 32.3. The number of fused-ring (bicyclic) bond motifs is 5. The molecule has 33 nitrogen and oxygen atoms in total. The lowest BCUT2D eigenvalue weighted by atomic mass is 9.47. The SMILES string of the molecule is CC(C)CC(=O)CC(C)(O)C1CCC2C3CC(OC4OC(C)C(O)C(OC5OC(C)C(OC6OC(CO)C(O)C(O)C6OC6OC(C)C(O)C(OC7OC(CO)C(O)C(O)C7O)C6O)C(O)C5OC5OC(C)C(O)C(O)C5O)C4O)C4CC(OS(=O)(=O)O)CCC4(C)C3=CCC21C. The van der Waals surface area contributed by atoms with Gasteiger partial charge in [-0.3, -0.25) is 9.35 Å². The summed E-state index contributed by atoms with van der Waals surface area (Å²) in [6.07, 6.45) is -50.3. The van der Waals surface area contributed by atoms with E-state index in [4.69, 9.17) is 61.0 Å². The van der Waals surface area contributed by atoms with Crippen LogP contribution in [0.1, 0.15) is 120 Å². The summed E-state index contributed by atoms with van der Waals surface area (Å²) in [4.78, 5) is 13.3. The standard InChI is InChI=1S/C63H104O33S/c1-22(2)16-27(66)19-63(9,80)36-11-10-30-29-18-33(32-17-28(96-97(81,82)83)12-14-61(32,7)31(29)13-15-62(30,36)8)88-57-48(78)52(39(69)24(4)85-57)93-59-54(95-55-45(75)42(72)37(67)23(3)84-55)47(77)50(26(6)87-59)91-60-53(44(74)41(71)35(21-65)90-60)94-58-49(79)51(38(68)25(5)86-58)92-56-46(76)43(73)40(70)34(20-64)89-56/h13,22-26,28-30,32-60,64-65,67-80H,10-12,14-21H2,1-9H3,(H,81,82,83). The van der Waals surface area contributed by atoms with Gasteiger partial charge in [0.1, 0.15) is 128 Å². The third-order valence-electron chi connectivity index (χ3n) is 22.7. The van der Waals surface area contributed by atoms with Crippen molar-refractivity contribution in [2.75, 3.05) is 13.2 Å². The molecule has 97 heavy (non-hydrogen) atoms. The molecule has 3 saturated carbocycles. The summed E-state index contributed by atoms with van der Waals surface area (Å²) in [5, 5.41) is 180. The minimum atomic E-state index is -4.92. The lowest BCUT2D eigenvalue weighted by molar-refractivity contribution is -0.409. The fourth-order valence-corrected chi connectivity index (χ4v) is 18.0. The van der Waals surface area contributed by atoms with E-state index in [1.165, 1.54) is 27.7 Å². The van der Waals surface area contributed by atoms with Gasteiger partial charge < -0.3 is 139 Å². The number of aliphatic hydroxyl groups excluding tert-OH is 15.